The Bertz CT molecular complexity index is 593. The first-order valence-corrected chi connectivity index (χ1v) is 7.35. The number of hydrogen-bond acceptors (Lipinski definition) is 4. The van der Waals surface area contributed by atoms with E-state index in [-0.39, 0.29) is 24.0 Å². The number of ether oxygens (including phenoxy) is 2. The molecule has 1 atom stereocenters. The van der Waals surface area contributed by atoms with E-state index in [1.165, 1.54) is 30.2 Å². The standard InChI is InChI=1S/C16H21FN2O4/c1-18(13-5-4-12(17)9-14(13)23-3)16(21)11-8-15(20)19(10-11)6-7-22-2/h4-5,9,11H,6-8,10H2,1-3H3/t11-/m0/s1. The van der Waals surface area contributed by atoms with Gasteiger partial charge in [-0.1, -0.05) is 0 Å². The fourth-order valence-corrected chi connectivity index (χ4v) is 2.68. The molecule has 0 aliphatic carbocycles. The van der Waals surface area contributed by atoms with Crippen molar-refractivity contribution in [1.29, 1.82) is 0 Å². The third-order valence-corrected chi connectivity index (χ3v) is 3.96. The molecule has 2 amide bonds. The fourth-order valence-electron chi connectivity index (χ4n) is 2.68. The summed E-state index contributed by atoms with van der Waals surface area (Å²) in [6.45, 7) is 1.28. The van der Waals surface area contributed by atoms with Crippen LogP contribution in [0.25, 0.3) is 0 Å². The molecule has 2 rings (SSSR count). The number of carbonyl (C=O) groups is 2. The summed E-state index contributed by atoms with van der Waals surface area (Å²) in [5.41, 5.74) is 0.474. The van der Waals surface area contributed by atoms with Crippen LogP contribution in [0, 0.1) is 11.7 Å². The van der Waals surface area contributed by atoms with Gasteiger partial charge in [0.2, 0.25) is 11.8 Å². The van der Waals surface area contributed by atoms with Crippen molar-refractivity contribution in [2.75, 3.05) is 45.9 Å². The molecule has 0 N–H and O–H groups in total. The summed E-state index contributed by atoms with van der Waals surface area (Å²) in [7, 11) is 4.58. The van der Waals surface area contributed by atoms with Gasteiger partial charge in [-0.25, -0.2) is 4.39 Å². The summed E-state index contributed by atoms with van der Waals surface area (Å²) in [5.74, 6) is -0.822. The normalized spacial score (nSPS) is 17.5. The quantitative estimate of drug-likeness (QED) is 0.791. The third-order valence-electron chi connectivity index (χ3n) is 3.96. The maximum atomic E-state index is 13.3. The molecular formula is C16H21FN2O4. The first kappa shape index (κ1) is 17.2. The molecule has 7 heteroatoms. The molecule has 1 aliphatic rings. The lowest BCUT2D eigenvalue weighted by atomic mass is 10.1. The van der Waals surface area contributed by atoms with Crippen LogP contribution in [0.3, 0.4) is 0 Å². The molecule has 6 nitrogen and oxygen atoms in total. The van der Waals surface area contributed by atoms with Crippen LogP contribution in [-0.2, 0) is 14.3 Å². The van der Waals surface area contributed by atoms with Crippen LogP contribution >= 0.6 is 0 Å². The lowest BCUT2D eigenvalue weighted by Gasteiger charge is -2.23. The number of amides is 2. The van der Waals surface area contributed by atoms with Gasteiger partial charge in [0.15, 0.2) is 0 Å². The Morgan fingerprint density at radius 1 is 1.43 bits per heavy atom. The monoisotopic (exact) mass is 324 g/mol. The zero-order valence-electron chi connectivity index (χ0n) is 13.5. The highest BCUT2D eigenvalue weighted by Crippen LogP contribution is 2.30. The Kier molecular flexibility index (Phi) is 5.54. The minimum Gasteiger partial charge on any atom is -0.494 e. The fraction of sp³-hybridized carbons (Fsp3) is 0.500. The smallest absolute Gasteiger partial charge is 0.232 e. The molecule has 1 aliphatic heterocycles. The zero-order valence-corrected chi connectivity index (χ0v) is 13.5. The minimum absolute atomic E-state index is 0.0557. The molecule has 23 heavy (non-hydrogen) atoms. The Morgan fingerprint density at radius 2 is 2.17 bits per heavy atom. The summed E-state index contributed by atoms with van der Waals surface area (Å²) < 4.78 is 23.4. The summed E-state index contributed by atoms with van der Waals surface area (Å²) in [5, 5.41) is 0. The Hall–Kier alpha value is -2.15. The van der Waals surface area contributed by atoms with Crippen LogP contribution in [-0.4, -0.2) is 57.7 Å². The van der Waals surface area contributed by atoms with Crippen molar-refractivity contribution < 1.29 is 23.5 Å². The molecule has 0 saturated carbocycles. The van der Waals surface area contributed by atoms with E-state index in [0.29, 0.717) is 25.4 Å². The summed E-state index contributed by atoms with van der Waals surface area (Å²) in [4.78, 5) is 27.6. The lowest BCUT2D eigenvalue weighted by molar-refractivity contribution is -0.128. The van der Waals surface area contributed by atoms with Crippen molar-refractivity contribution in [2.45, 2.75) is 6.42 Å². The first-order chi connectivity index (χ1) is 11.0. The Labute approximate surface area is 134 Å². The van der Waals surface area contributed by atoms with Crippen molar-refractivity contribution in [2.24, 2.45) is 5.92 Å². The van der Waals surface area contributed by atoms with Gasteiger partial charge in [-0.05, 0) is 12.1 Å². The molecule has 1 aromatic carbocycles. The summed E-state index contributed by atoms with van der Waals surface area (Å²) >= 11 is 0. The van der Waals surface area contributed by atoms with E-state index in [4.69, 9.17) is 9.47 Å². The van der Waals surface area contributed by atoms with Gasteiger partial charge in [0, 0.05) is 39.7 Å². The van der Waals surface area contributed by atoms with Crippen LogP contribution in [0.15, 0.2) is 18.2 Å². The number of rotatable bonds is 6. The van der Waals surface area contributed by atoms with Gasteiger partial charge >= 0.3 is 0 Å². The van der Waals surface area contributed by atoms with Gasteiger partial charge in [-0.15, -0.1) is 0 Å². The number of benzene rings is 1. The molecule has 126 valence electrons. The second-order valence-corrected chi connectivity index (χ2v) is 5.45. The van der Waals surface area contributed by atoms with Gasteiger partial charge in [-0.3, -0.25) is 9.59 Å². The van der Waals surface area contributed by atoms with E-state index in [9.17, 15) is 14.0 Å². The van der Waals surface area contributed by atoms with Gasteiger partial charge in [0.1, 0.15) is 11.6 Å². The summed E-state index contributed by atoms with van der Waals surface area (Å²) in [6, 6.07) is 3.99. The second-order valence-electron chi connectivity index (χ2n) is 5.45. The molecule has 1 saturated heterocycles. The maximum Gasteiger partial charge on any atom is 0.232 e. The summed E-state index contributed by atoms with van der Waals surface area (Å²) in [6.07, 6.45) is 0.177. The molecule has 0 spiro atoms. The predicted molar refractivity (Wildman–Crippen MR) is 82.9 cm³/mol. The molecular weight excluding hydrogens is 303 g/mol. The largest absolute Gasteiger partial charge is 0.494 e. The highest BCUT2D eigenvalue weighted by atomic mass is 19.1. The van der Waals surface area contributed by atoms with Crippen molar-refractivity contribution in [1.82, 2.24) is 4.90 Å². The van der Waals surface area contributed by atoms with Crippen LogP contribution < -0.4 is 9.64 Å². The van der Waals surface area contributed by atoms with Crippen LogP contribution in [0.2, 0.25) is 0 Å². The van der Waals surface area contributed by atoms with E-state index >= 15 is 0 Å². The third kappa shape index (κ3) is 3.79. The molecule has 0 unspecified atom stereocenters. The first-order valence-electron chi connectivity index (χ1n) is 7.35. The predicted octanol–water partition coefficient (Wildman–Crippen LogP) is 1.29. The average molecular weight is 324 g/mol. The average Bonchev–Trinajstić information content (AvgIpc) is 2.92. The van der Waals surface area contributed by atoms with Gasteiger partial charge < -0.3 is 19.3 Å². The molecule has 0 radical (unpaired) electrons. The SMILES string of the molecule is COCCN1C[C@@H](C(=O)N(C)c2ccc(F)cc2OC)CC1=O. The number of carbonyl (C=O) groups excluding carboxylic acids is 2. The van der Waals surface area contributed by atoms with E-state index in [1.807, 2.05) is 0 Å². The molecule has 1 fully saturated rings. The van der Waals surface area contributed by atoms with Gasteiger partial charge in [0.05, 0.1) is 25.3 Å². The molecule has 1 aromatic rings. The lowest BCUT2D eigenvalue weighted by Crippen LogP contribution is -2.35. The van der Waals surface area contributed by atoms with Crippen molar-refractivity contribution in [3.05, 3.63) is 24.0 Å². The second kappa shape index (κ2) is 7.41. The van der Waals surface area contributed by atoms with Crippen LogP contribution in [0.5, 0.6) is 5.75 Å². The molecule has 0 bridgehead atoms. The topological polar surface area (TPSA) is 59.1 Å². The number of nitrogens with zero attached hydrogens (tertiary/aromatic N) is 2. The van der Waals surface area contributed by atoms with E-state index in [2.05, 4.69) is 0 Å². The van der Waals surface area contributed by atoms with Crippen molar-refractivity contribution in [3.8, 4) is 5.75 Å². The Morgan fingerprint density at radius 3 is 2.83 bits per heavy atom. The van der Waals surface area contributed by atoms with Crippen molar-refractivity contribution in [3.63, 3.8) is 0 Å². The molecule has 1 heterocycles. The van der Waals surface area contributed by atoms with E-state index in [1.54, 1.807) is 19.1 Å². The van der Waals surface area contributed by atoms with Crippen LogP contribution in [0.1, 0.15) is 6.42 Å². The van der Waals surface area contributed by atoms with Gasteiger partial charge in [0.25, 0.3) is 0 Å². The number of halogens is 1. The number of likely N-dealkylation sites (tertiary alicyclic amines) is 1. The Balaban J connectivity index is 2.10. The zero-order chi connectivity index (χ0) is 17.0. The number of methoxy groups -OCH3 is 2. The molecule has 0 aromatic heterocycles. The highest BCUT2D eigenvalue weighted by molar-refractivity contribution is 5.99. The highest BCUT2D eigenvalue weighted by Gasteiger charge is 2.36. The van der Waals surface area contributed by atoms with Gasteiger partial charge in [-0.2, -0.15) is 0 Å². The van der Waals surface area contributed by atoms with E-state index in [0.717, 1.165) is 0 Å². The van der Waals surface area contributed by atoms with Crippen molar-refractivity contribution >= 4 is 17.5 Å². The number of anilines is 1. The van der Waals surface area contributed by atoms with Crippen LogP contribution in [0.4, 0.5) is 10.1 Å². The van der Waals surface area contributed by atoms with E-state index < -0.39 is 11.7 Å². The minimum atomic E-state index is -0.437. The maximum absolute atomic E-state index is 13.3. The number of hydrogen-bond donors (Lipinski definition) is 0.